The molecule has 0 radical (unpaired) electrons. The number of likely N-dealkylation sites (tertiary alicyclic amines) is 1. The lowest BCUT2D eigenvalue weighted by molar-refractivity contribution is -0.384. The first-order valence-corrected chi connectivity index (χ1v) is 11.3. The molecular weight excluding hydrogens is 442 g/mol. The maximum atomic E-state index is 14.0. The highest BCUT2D eigenvalue weighted by Crippen LogP contribution is 2.56. The summed E-state index contributed by atoms with van der Waals surface area (Å²) in [5.74, 6) is -1.06. The van der Waals surface area contributed by atoms with Crippen LogP contribution in [0, 0.1) is 16.0 Å². The molecule has 2 aliphatic heterocycles. The number of nitro groups is 1. The van der Waals surface area contributed by atoms with E-state index in [0.717, 1.165) is 0 Å². The van der Waals surface area contributed by atoms with Crippen LogP contribution in [-0.4, -0.2) is 42.2 Å². The number of non-ortho nitro benzene ring substituents is 1. The lowest BCUT2D eigenvalue weighted by atomic mass is 9.71. The molecule has 5 rings (SSSR count). The summed E-state index contributed by atoms with van der Waals surface area (Å²) in [6, 6.07) is 15.2. The van der Waals surface area contributed by atoms with E-state index in [0.29, 0.717) is 34.0 Å². The number of fused-ring (bicyclic) bond motifs is 2. The van der Waals surface area contributed by atoms with Gasteiger partial charge in [-0.15, -0.1) is 11.3 Å². The van der Waals surface area contributed by atoms with Crippen LogP contribution in [0.5, 0.6) is 5.75 Å². The second-order valence-corrected chi connectivity index (χ2v) is 9.24. The van der Waals surface area contributed by atoms with Crippen LogP contribution in [0.4, 0.5) is 11.4 Å². The number of carbonyl (C=O) groups excluding carboxylic acids is 2. The average molecular weight is 464 g/mol. The van der Waals surface area contributed by atoms with Gasteiger partial charge in [0, 0.05) is 35.8 Å². The van der Waals surface area contributed by atoms with E-state index in [1.165, 1.54) is 23.5 Å². The first kappa shape index (κ1) is 21.3. The van der Waals surface area contributed by atoms with Gasteiger partial charge in [-0.1, -0.05) is 18.2 Å². The first-order chi connectivity index (χ1) is 15.9. The molecular formula is C24H21N3O5S. The van der Waals surface area contributed by atoms with Crippen molar-refractivity contribution in [3.63, 3.8) is 0 Å². The fraction of sp³-hybridized carbons (Fsp3) is 0.250. The quantitative estimate of drug-likeness (QED) is 0.348. The molecule has 0 saturated carbocycles. The molecule has 1 N–H and O–H groups in total. The lowest BCUT2D eigenvalue weighted by Crippen LogP contribution is -2.51. The Balaban J connectivity index is 1.74. The van der Waals surface area contributed by atoms with Crippen LogP contribution in [0.3, 0.4) is 0 Å². The van der Waals surface area contributed by atoms with Crippen LogP contribution < -0.4 is 10.1 Å². The van der Waals surface area contributed by atoms with Crippen LogP contribution in [0.25, 0.3) is 0 Å². The third-order valence-corrected chi connectivity index (χ3v) is 7.60. The summed E-state index contributed by atoms with van der Waals surface area (Å²) in [5.41, 5.74) is 0.664. The Hall–Kier alpha value is -3.56. The van der Waals surface area contributed by atoms with Gasteiger partial charge in [0.1, 0.15) is 11.3 Å². The van der Waals surface area contributed by atoms with Gasteiger partial charge < -0.3 is 10.1 Å². The van der Waals surface area contributed by atoms with Crippen LogP contribution in [0.2, 0.25) is 0 Å². The Morgan fingerprint density at radius 1 is 1.24 bits per heavy atom. The highest BCUT2D eigenvalue weighted by molar-refractivity contribution is 7.12. The molecule has 0 bridgehead atoms. The Morgan fingerprint density at radius 2 is 2.06 bits per heavy atom. The number of likely N-dealkylation sites (N-methyl/N-ethyl adjacent to an activating group) is 1. The summed E-state index contributed by atoms with van der Waals surface area (Å²) >= 11 is 1.32. The molecule has 0 aliphatic carbocycles. The smallest absolute Gasteiger partial charge is 0.269 e. The average Bonchev–Trinajstić information content (AvgIpc) is 3.52. The van der Waals surface area contributed by atoms with Gasteiger partial charge in [0.2, 0.25) is 5.91 Å². The van der Waals surface area contributed by atoms with Crippen molar-refractivity contribution in [3.05, 3.63) is 86.1 Å². The molecule has 1 amide bonds. The largest absolute Gasteiger partial charge is 0.497 e. The Labute approximate surface area is 193 Å². The zero-order valence-corrected chi connectivity index (χ0v) is 18.8. The molecule has 3 aromatic rings. The standard InChI is InChI=1S/C24H21N3O5S/c1-26-13-17(14-5-3-6-15(11-14)27(30)31)21(22(28)20-7-4-10-33-20)24(26)18-12-16(32-2)8-9-19(18)25-23(24)29/h3-12,17,21H,13H2,1-2H3,(H,25,29)/t17-,21+,24+/m0/s1. The fourth-order valence-electron chi connectivity index (χ4n) is 5.29. The van der Waals surface area contributed by atoms with Crippen molar-refractivity contribution < 1.29 is 19.2 Å². The van der Waals surface area contributed by atoms with Crippen molar-refractivity contribution in [3.8, 4) is 5.75 Å². The number of nitrogens with zero attached hydrogens (tertiary/aromatic N) is 2. The summed E-state index contributed by atoms with van der Waals surface area (Å²) < 4.78 is 5.42. The van der Waals surface area contributed by atoms with E-state index in [1.807, 2.05) is 17.3 Å². The summed E-state index contributed by atoms with van der Waals surface area (Å²) in [6.45, 7) is 0.382. The number of thiophene rings is 1. The van der Waals surface area contributed by atoms with E-state index in [9.17, 15) is 19.7 Å². The third-order valence-electron chi connectivity index (χ3n) is 6.71. The molecule has 0 unspecified atom stereocenters. The number of nitro benzene ring substituents is 1. The number of methoxy groups -OCH3 is 1. The molecule has 8 nitrogen and oxygen atoms in total. The second-order valence-electron chi connectivity index (χ2n) is 8.29. The second kappa shape index (κ2) is 7.79. The van der Waals surface area contributed by atoms with Crippen LogP contribution in [0.1, 0.15) is 26.7 Å². The van der Waals surface area contributed by atoms with E-state index in [4.69, 9.17) is 4.74 Å². The molecule has 168 valence electrons. The molecule has 1 spiro atoms. The normalized spacial score (nSPS) is 24.0. The van der Waals surface area contributed by atoms with Gasteiger partial charge in [0.25, 0.3) is 5.69 Å². The minimum atomic E-state index is -1.26. The maximum Gasteiger partial charge on any atom is 0.269 e. The summed E-state index contributed by atoms with van der Waals surface area (Å²) in [5, 5.41) is 16.2. The van der Waals surface area contributed by atoms with Crippen molar-refractivity contribution >= 4 is 34.4 Å². The van der Waals surface area contributed by atoms with E-state index in [1.54, 1.807) is 49.6 Å². The number of rotatable bonds is 5. The molecule has 3 atom stereocenters. The number of hydrogen-bond acceptors (Lipinski definition) is 7. The molecule has 2 aromatic carbocycles. The minimum Gasteiger partial charge on any atom is -0.497 e. The Morgan fingerprint density at radius 3 is 2.76 bits per heavy atom. The molecule has 1 saturated heterocycles. The fourth-order valence-corrected chi connectivity index (χ4v) is 5.99. The number of benzene rings is 2. The molecule has 3 heterocycles. The number of Topliss-reactive ketones (excluding diaryl/α,β-unsaturated/α-hetero) is 1. The molecule has 9 heteroatoms. The molecule has 2 aliphatic rings. The van der Waals surface area contributed by atoms with Gasteiger partial charge in [0.15, 0.2) is 5.78 Å². The number of anilines is 1. The zero-order chi connectivity index (χ0) is 23.3. The van der Waals surface area contributed by atoms with Crippen molar-refractivity contribution in [1.29, 1.82) is 0 Å². The summed E-state index contributed by atoms with van der Waals surface area (Å²) in [4.78, 5) is 41.0. The van der Waals surface area contributed by atoms with Crippen molar-refractivity contribution in [2.45, 2.75) is 11.5 Å². The SMILES string of the molecule is COc1ccc2c(c1)[C@]1(C(=O)N2)[C@@H](C(=O)c2cccs2)[C@H](c2cccc([N+](=O)[O-])c2)CN1C. The zero-order valence-electron chi connectivity index (χ0n) is 18.0. The van der Waals surface area contributed by atoms with Gasteiger partial charge in [0.05, 0.1) is 22.8 Å². The highest BCUT2D eigenvalue weighted by Gasteiger charge is 2.64. The van der Waals surface area contributed by atoms with Crippen molar-refractivity contribution in [2.24, 2.45) is 5.92 Å². The molecule has 1 fully saturated rings. The van der Waals surface area contributed by atoms with Gasteiger partial charge >= 0.3 is 0 Å². The monoisotopic (exact) mass is 463 g/mol. The predicted octanol–water partition coefficient (Wildman–Crippen LogP) is 4.04. The van der Waals surface area contributed by atoms with Gasteiger partial charge in [-0.3, -0.25) is 24.6 Å². The number of ether oxygens (including phenoxy) is 1. The first-order valence-electron chi connectivity index (χ1n) is 10.4. The van der Waals surface area contributed by atoms with E-state index in [2.05, 4.69) is 5.32 Å². The van der Waals surface area contributed by atoms with Gasteiger partial charge in [-0.25, -0.2) is 0 Å². The number of nitrogens with one attached hydrogen (secondary N) is 1. The minimum absolute atomic E-state index is 0.0450. The van der Waals surface area contributed by atoms with Crippen LogP contribution in [0.15, 0.2) is 60.0 Å². The number of carbonyl (C=O) groups is 2. The van der Waals surface area contributed by atoms with Crippen LogP contribution >= 0.6 is 11.3 Å². The van der Waals surface area contributed by atoms with E-state index >= 15 is 0 Å². The summed E-state index contributed by atoms with van der Waals surface area (Å²) in [7, 11) is 3.37. The maximum absolute atomic E-state index is 14.0. The van der Waals surface area contributed by atoms with Gasteiger partial charge in [-0.05, 0) is 42.3 Å². The van der Waals surface area contributed by atoms with Gasteiger partial charge in [-0.2, -0.15) is 0 Å². The van der Waals surface area contributed by atoms with Crippen molar-refractivity contribution in [2.75, 3.05) is 26.0 Å². The number of ketones is 1. The predicted molar refractivity (Wildman–Crippen MR) is 124 cm³/mol. The Kier molecular flexibility index (Phi) is 5.02. The topological polar surface area (TPSA) is 102 Å². The van der Waals surface area contributed by atoms with Crippen LogP contribution in [-0.2, 0) is 10.3 Å². The number of hydrogen-bond donors (Lipinski definition) is 1. The number of amides is 1. The third kappa shape index (κ3) is 3.07. The summed E-state index contributed by atoms with van der Waals surface area (Å²) in [6.07, 6.45) is 0. The van der Waals surface area contributed by atoms with E-state index < -0.39 is 22.3 Å². The highest BCUT2D eigenvalue weighted by atomic mass is 32.1. The molecule has 1 aromatic heterocycles. The van der Waals surface area contributed by atoms with E-state index in [-0.39, 0.29) is 17.4 Å². The molecule has 33 heavy (non-hydrogen) atoms. The Bertz CT molecular complexity index is 1270. The lowest BCUT2D eigenvalue weighted by Gasteiger charge is -2.35. The van der Waals surface area contributed by atoms with Crippen molar-refractivity contribution in [1.82, 2.24) is 4.90 Å².